The molecule has 0 aromatic heterocycles. The highest BCUT2D eigenvalue weighted by molar-refractivity contribution is 6.35. The highest BCUT2D eigenvalue weighted by Gasteiger charge is 2.11. The van der Waals surface area contributed by atoms with E-state index >= 15 is 0 Å². The molecular formula is C25H21Cl4NO. The van der Waals surface area contributed by atoms with Crippen molar-refractivity contribution in [3.05, 3.63) is 111 Å². The number of hydrogen-bond donors (Lipinski definition) is 1. The number of hydrogen-bond acceptors (Lipinski definition) is 2. The van der Waals surface area contributed by atoms with Gasteiger partial charge < -0.3 is 10.1 Å². The van der Waals surface area contributed by atoms with E-state index in [1.54, 1.807) is 6.07 Å². The third-order valence-electron chi connectivity index (χ3n) is 4.97. The van der Waals surface area contributed by atoms with Crippen LogP contribution in [0.3, 0.4) is 0 Å². The van der Waals surface area contributed by atoms with Crippen molar-refractivity contribution in [2.45, 2.75) is 19.7 Å². The molecule has 0 amide bonds. The van der Waals surface area contributed by atoms with Gasteiger partial charge >= 0.3 is 0 Å². The van der Waals surface area contributed by atoms with Gasteiger partial charge in [0.25, 0.3) is 0 Å². The first-order chi connectivity index (χ1) is 14.6. The minimum absolute atomic E-state index is 0. The fourth-order valence-corrected chi connectivity index (χ4v) is 4.06. The molecule has 4 aromatic rings. The third-order valence-corrected chi connectivity index (χ3v) is 5.93. The van der Waals surface area contributed by atoms with E-state index in [1.807, 2.05) is 54.6 Å². The SMILES string of the molecule is Cl.Clc1ccc(COc2ccc3ccccc3c2CNCc2ccccc2Cl)c(Cl)c1. The van der Waals surface area contributed by atoms with Gasteiger partial charge in [-0.05, 0) is 40.6 Å². The van der Waals surface area contributed by atoms with Crippen LogP contribution in [0.1, 0.15) is 16.7 Å². The Morgan fingerprint density at radius 1 is 0.710 bits per heavy atom. The average molecular weight is 493 g/mol. The minimum Gasteiger partial charge on any atom is -0.488 e. The molecule has 0 aliphatic heterocycles. The number of nitrogens with one attached hydrogen (secondary N) is 1. The monoisotopic (exact) mass is 491 g/mol. The van der Waals surface area contributed by atoms with Crippen molar-refractivity contribution in [2.75, 3.05) is 0 Å². The van der Waals surface area contributed by atoms with Crippen LogP contribution < -0.4 is 10.1 Å². The quantitative estimate of drug-likeness (QED) is 0.281. The topological polar surface area (TPSA) is 21.3 Å². The Hall–Kier alpha value is -1.94. The van der Waals surface area contributed by atoms with E-state index in [1.165, 1.54) is 5.39 Å². The van der Waals surface area contributed by atoms with Crippen LogP contribution in [0.25, 0.3) is 10.8 Å². The number of benzene rings is 4. The first-order valence-corrected chi connectivity index (χ1v) is 10.8. The zero-order valence-corrected chi connectivity index (χ0v) is 19.7. The lowest BCUT2D eigenvalue weighted by molar-refractivity contribution is 0.303. The van der Waals surface area contributed by atoms with E-state index in [4.69, 9.17) is 39.5 Å². The summed E-state index contributed by atoms with van der Waals surface area (Å²) in [6.07, 6.45) is 0. The molecule has 6 heteroatoms. The van der Waals surface area contributed by atoms with Crippen molar-refractivity contribution >= 4 is 58.0 Å². The molecule has 4 aromatic carbocycles. The van der Waals surface area contributed by atoms with Gasteiger partial charge in [-0.1, -0.05) is 89.4 Å². The highest BCUT2D eigenvalue weighted by atomic mass is 35.5. The van der Waals surface area contributed by atoms with Gasteiger partial charge in [-0.2, -0.15) is 0 Å². The molecule has 4 rings (SSSR count). The number of rotatable bonds is 7. The van der Waals surface area contributed by atoms with Crippen LogP contribution in [0, 0.1) is 0 Å². The van der Waals surface area contributed by atoms with Crippen molar-refractivity contribution in [3.8, 4) is 5.75 Å². The zero-order valence-electron chi connectivity index (χ0n) is 16.6. The molecule has 0 heterocycles. The molecule has 0 unspecified atom stereocenters. The first-order valence-electron chi connectivity index (χ1n) is 9.63. The lowest BCUT2D eigenvalue weighted by Gasteiger charge is -2.16. The molecule has 160 valence electrons. The first kappa shape index (κ1) is 23.7. The Balaban J connectivity index is 0.00000272. The van der Waals surface area contributed by atoms with Crippen LogP contribution in [0.2, 0.25) is 15.1 Å². The van der Waals surface area contributed by atoms with Gasteiger partial charge in [-0.25, -0.2) is 0 Å². The highest BCUT2D eigenvalue weighted by Crippen LogP contribution is 2.30. The molecular weight excluding hydrogens is 472 g/mol. The average Bonchev–Trinajstić information content (AvgIpc) is 2.75. The number of fused-ring (bicyclic) bond motifs is 1. The molecule has 0 atom stereocenters. The van der Waals surface area contributed by atoms with Crippen molar-refractivity contribution in [1.29, 1.82) is 0 Å². The molecule has 0 aliphatic rings. The molecule has 2 nitrogen and oxygen atoms in total. The van der Waals surface area contributed by atoms with E-state index in [9.17, 15) is 0 Å². The Morgan fingerprint density at radius 2 is 1.48 bits per heavy atom. The lowest BCUT2D eigenvalue weighted by Crippen LogP contribution is -2.14. The van der Waals surface area contributed by atoms with Crippen molar-refractivity contribution in [2.24, 2.45) is 0 Å². The van der Waals surface area contributed by atoms with Gasteiger partial charge in [0.15, 0.2) is 0 Å². The molecule has 0 radical (unpaired) electrons. The zero-order chi connectivity index (χ0) is 20.9. The van der Waals surface area contributed by atoms with E-state index in [0.717, 1.165) is 32.8 Å². The van der Waals surface area contributed by atoms with Crippen molar-refractivity contribution < 1.29 is 4.74 Å². The predicted molar refractivity (Wildman–Crippen MR) is 134 cm³/mol. The molecule has 1 N–H and O–H groups in total. The second-order valence-corrected chi connectivity index (χ2v) is 8.23. The Morgan fingerprint density at radius 3 is 2.29 bits per heavy atom. The maximum Gasteiger partial charge on any atom is 0.124 e. The summed E-state index contributed by atoms with van der Waals surface area (Å²) in [5.74, 6) is 0.825. The predicted octanol–water partition coefficient (Wildman–Crippen LogP) is 8.09. The Bertz CT molecular complexity index is 1180. The summed E-state index contributed by atoms with van der Waals surface area (Å²) in [5.41, 5.74) is 3.06. The molecule has 0 spiro atoms. The second kappa shape index (κ2) is 11.1. The van der Waals surface area contributed by atoms with Crippen LogP contribution in [0.15, 0.2) is 78.9 Å². The normalized spacial score (nSPS) is 10.7. The lowest BCUT2D eigenvalue weighted by atomic mass is 10.0. The summed E-state index contributed by atoms with van der Waals surface area (Å²) in [4.78, 5) is 0. The summed E-state index contributed by atoms with van der Waals surface area (Å²) >= 11 is 18.6. The van der Waals surface area contributed by atoms with E-state index in [-0.39, 0.29) is 12.4 Å². The summed E-state index contributed by atoms with van der Waals surface area (Å²) in [5, 5.41) is 7.80. The third kappa shape index (κ3) is 5.85. The summed E-state index contributed by atoms with van der Waals surface area (Å²) in [7, 11) is 0. The summed E-state index contributed by atoms with van der Waals surface area (Å²) in [6, 6.07) is 25.7. The Kier molecular flexibility index (Phi) is 8.48. The molecule has 0 saturated carbocycles. The summed E-state index contributed by atoms with van der Waals surface area (Å²) < 4.78 is 6.18. The largest absolute Gasteiger partial charge is 0.488 e. The number of ether oxygens (including phenoxy) is 1. The van der Waals surface area contributed by atoms with Gasteiger partial charge in [0.2, 0.25) is 0 Å². The molecule has 0 fully saturated rings. The van der Waals surface area contributed by atoms with Crippen molar-refractivity contribution in [1.82, 2.24) is 5.32 Å². The number of halogens is 4. The fourth-order valence-electron chi connectivity index (χ4n) is 3.39. The fraction of sp³-hybridized carbons (Fsp3) is 0.120. The molecule has 0 bridgehead atoms. The maximum absolute atomic E-state index is 6.31. The van der Waals surface area contributed by atoms with E-state index in [0.29, 0.717) is 29.7 Å². The van der Waals surface area contributed by atoms with Crippen LogP contribution in [0.5, 0.6) is 5.75 Å². The molecule has 0 saturated heterocycles. The standard InChI is InChI=1S/C25H20Cl3NO.ClH/c26-20-11-9-19(24(28)13-20)16-30-25-12-10-17-5-1-3-7-21(17)22(25)15-29-14-18-6-2-4-8-23(18)27;/h1-13,29H,14-16H2;1H. The van der Waals surface area contributed by atoms with Crippen LogP contribution in [-0.2, 0) is 19.7 Å². The van der Waals surface area contributed by atoms with Crippen molar-refractivity contribution in [3.63, 3.8) is 0 Å². The van der Waals surface area contributed by atoms with Crippen LogP contribution >= 0.6 is 47.2 Å². The van der Waals surface area contributed by atoms with Gasteiger partial charge in [-0.3, -0.25) is 0 Å². The summed E-state index contributed by atoms with van der Waals surface area (Å²) in [6.45, 7) is 1.69. The Labute approximate surface area is 203 Å². The molecule has 0 aliphatic carbocycles. The van der Waals surface area contributed by atoms with E-state index in [2.05, 4.69) is 23.5 Å². The van der Waals surface area contributed by atoms with Gasteiger partial charge in [0, 0.05) is 39.3 Å². The maximum atomic E-state index is 6.31. The van der Waals surface area contributed by atoms with Gasteiger partial charge in [0.1, 0.15) is 12.4 Å². The van der Waals surface area contributed by atoms with Crippen LogP contribution in [-0.4, -0.2) is 0 Å². The smallest absolute Gasteiger partial charge is 0.124 e. The minimum atomic E-state index is 0. The van der Waals surface area contributed by atoms with Crippen LogP contribution in [0.4, 0.5) is 0 Å². The van der Waals surface area contributed by atoms with Gasteiger partial charge in [-0.15, -0.1) is 12.4 Å². The second-order valence-electron chi connectivity index (χ2n) is 6.98. The van der Waals surface area contributed by atoms with Gasteiger partial charge in [0.05, 0.1) is 0 Å². The van der Waals surface area contributed by atoms with E-state index < -0.39 is 0 Å². The molecule has 31 heavy (non-hydrogen) atoms.